The minimum absolute atomic E-state index is 0.114. The van der Waals surface area contributed by atoms with Gasteiger partial charge in [-0.15, -0.1) is 0 Å². The molecule has 0 spiro atoms. The van der Waals surface area contributed by atoms with Gasteiger partial charge in [0, 0.05) is 17.2 Å². The third-order valence-electron chi connectivity index (χ3n) is 5.25. The first-order valence-electron chi connectivity index (χ1n) is 9.01. The molecule has 2 aliphatic heterocycles. The fourth-order valence-corrected chi connectivity index (χ4v) is 4.08. The van der Waals surface area contributed by atoms with Crippen LogP contribution in [0.3, 0.4) is 0 Å². The van der Waals surface area contributed by atoms with Crippen LogP contribution in [0.2, 0.25) is 0 Å². The number of ether oxygens (including phenoxy) is 2. The van der Waals surface area contributed by atoms with E-state index in [1.807, 2.05) is 42.5 Å². The monoisotopic (exact) mass is 347 g/mol. The Kier molecular flexibility index (Phi) is 2.97. The van der Waals surface area contributed by atoms with Crippen molar-refractivity contribution < 1.29 is 9.47 Å². The SMILES string of the molecule is c1ccc(-c2cc3c4c(c2)Oc2ccccc2B4c2ccccc2O3)nc1. The maximum absolute atomic E-state index is 6.29. The van der Waals surface area contributed by atoms with Gasteiger partial charge in [-0.25, -0.2) is 0 Å². The average molecular weight is 347 g/mol. The van der Waals surface area contributed by atoms with Crippen LogP contribution < -0.4 is 25.9 Å². The predicted molar refractivity (Wildman–Crippen MR) is 107 cm³/mol. The molecule has 126 valence electrons. The van der Waals surface area contributed by atoms with Gasteiger partial charge in [0.05, 0.1) is 5.69 Å². The lowest BCUT2D eigenvalue weighted by molar-refractivity contribution is 0.465. The molecular weight excluding hydrogens is 333 g/mol. The second-order valence-electron chi connectivity index (χ2n) is 6.81. The lowest BCUT2D eigenvalue weighted by Crippen LogP contribution is -2.57. The molecule has 0 aliphatic carbocycles. The van der Waals surface area contributed by atoms with Gasteiger partial charge < -0.3 is 9.47 Å². The number of para-hydroxylation sites is 2. The molecule has 0 saturated heterocycles. The van der Waals surface area contributed by atoms with Crippen LogP contribution in [0.1, 0.15) is 0 Å². The molecule has 2 aliphatic rings. The van der Waals surface area contributed by atoms with Crippen molar-refractivity contribution in [1.82, 2.24) is 4.98 Å². The van der Waals surface area contributed by atoms with Crippen LogP contribution in [0, 0.1) is 0 Å². The van der Waals surface area contributed by atoms with Crippen molar-refractivity contribution in [3.8, 4) is 34.3 Å². The number of fused-ring (bicyclic) bond motifs is 4. The summed E-state index contributed by atoms with van der Waals surface area (Å²) in [6, 6.07) is 26.5. The molecule has 0 unspecified atom stereocenters. The Bertz CT molecular complexity index is 1120. The second-order valence-corrected chi connectivity index (χ2v) is 6.81. The molecule has 0 N–H and O–H groups in total. The first-order valence-corrected chi connectivity index (χ1v) is 9.01. The fraction of sp³-hybridized carbons (Fsp3) is 0. The molecule has 0 amide bonds. The van der Waals surface area contributed by atoms with Crippen molar-refractivity contribution in [1.29, 1.82) is 0 Å². The highest BCUT2D eigenvalue weighted by atomic mass is 16.5. The molecule has 0 bridgehead atoms. The number of hydrogen-bond donors (Lipinski definition) is 0. The summed E-state index contributed by atoms with van der Waals surface area (Å²) in [5.74, 6) is 3.48. The number of pyridine rings is 1. The standard InChI is InChI=1S/C23H14BNO2/c1-3-10-19-16(7-1)24-17-8-2-4-11-20(17)27-22-14-15(13-21(26-19)23(22)24)18-9-5-6-12-25-18/h1-14H. The van der Waals surface area contributed by atoms with E-state index in [1.165, 1.54) is 10.9 Å². The highest BCUT2D eigenvalue weighted by Crippen LogP contribution is 2.37. The normalized spacial score (nSPS) is 13.0. The summed E-state index contributed by atoms with van der Waals surface area (Å²) in [5.41, 5.74) is 5.33. The Balaban J connectivity index is 1.64. The first kappa shape index (κ1) is 14.6. The van der Waals surface area contributed by atoms with Gasteiger partial charge in [0.2, 0.25) is 0 Å². The van der Waals surface area contributed by atoms with Crippen LogP contribution >= 0.6 is 0 Å². The molecular formula is C23H14BNO2. The molecule has 1 aromatic heterocycles. The summed E-state index contributed by atoms with van der Waals surface area (Å²) in [6.07, 6.45) is 1.80. The molecule has 4 heteroatoms. The quantitative estimate of drug-likeness (QED) is 0.427. The highest BCUT2D eigenvalue weighted by molar-refractivity contribution is 6.98. The van der Waals surface area contributed by atoms with Crippen molar-refractivity contribution in [2.24, 2.45) is 0 Å². The molecule has 3 aromatic carbocycles. The van der Waals surface area contributed by atoms with Gasteiger partial charge in [-0.05, 0) is 47.3 Å². The third kappa shape index (κ3) is 2.13. The van der Waals surface area contributed by atoms with E-state index in [1.54, 1.807) is 6.20 Å². The van der Waals surface area contributed by atoms with Gasteiger partial charge in [0.25, 0.3) is 6.71 Å². The lowest BCUT2D eigenvalue weighted by Gasteiger charge is -2.33. The summed E-state index contributed by atoms with van der Waals surface area (Å²) >= 11 is 0. The van der Waals surface area contributed by atoms with Crippen molar-refractivity contribution >= 4 is 23.1 Å². The van der Waals surface area contributed by atoms with Crippen LogP contribution in [0.5, 0.6) is 23.0 Å². The maximum Gasteiger partial charge on any atom is 0.260 e. The van der Waals surface area contributed by atoms with Crippen molar-refractivity contribution in [3.05, 3.63) is 85.1 Å². The molecule has 3 nitrogen and oxygen atoms in total. The third-order valence-corrected chi connectivity index (χ3v) is 5.25. The van der Waals surface area contributed by atoms with E-state index in [-0.39, 0.29) is 6.71 Å². The van der Waals surface area contributed by atoms with Gasteiger partial charge >= 0.3 is 0 Å². The zero-order valence-corrected chi connectivity index (χ0v) is 14.4. The zero-order valence-electron chi connectivity index (χ0n) is 14.4. The van der Waals surface area contributed by atoms with Gasteiger partial charge in [-0.2, -0.15) is 0 Å². The number of nitrogens with zero attached hydrogens (tertiary/aromatic N) is 1. The molecule has 3 heterocycles. The van der Waals surface area contributed by atoms with Crippen molar-refractivity contribution in [2.75, 3.05) is 0 Å². The van der Waals surface area contributed by atoms with Crippen LogP contribution in [0.15, 0.2) is 85.1 Å². The van der Waals surface area contributed by atoms with E-state index in [9.17, 15) is 0 Å². The van der Waals surface area contributed by atoms with E-state index in [2.05, 4.69) is 41.4 Å². The topological polar surface area (TPSA) is 31.4 Å². The molecule has 27 heavy (non-hydrogen) atoms. The predicted octanol–water partition coefficient (Wildman–Crippen LogP) is 3.48. The van der Waals surface area contributed by atoms with Crippen LogP contribution in [0.25, 0.3) is 11.3 Å². The second kappa shape index (κ2) is 5.48. The molecule has 0 saturated carbocycles. The van der Waals surface area contributed by atoms with Crippen LogP contribution in [0.4, 0.5) is 0 Å². The lowest BCUT2D eigenvalue weighted by atomic mass is 9.35. The molecule has 0 radical (unpaired) electrons. The molecule has 0 atom stereocenters. The summed E-state index contributed by atoms with van der Waals surface area (Å²) in [4.78, 5) is 4.49. The summed E-state index contributed by atoms with van der Waals surface area (Å²) in [6.45, 7) is 0.114. The van der Waals surface area contributed by atoms with Crippen LogP contribution in [-0.2, 0) is 0 Å². The Morgan fingerprint density at radius 1 is 0.630 bits per heavy atom. The van der Waals surface area contributed by atoms with E-state index in [0.29, 0.717) is 0 Å². The fourth-order valence-electron chi connectivity index (χ4n) is 4.08. The van der Waals surface area contributed by atoms with Crippen molar-refractivity contribution in [2.45, 2.75) is 0 Å². The smallest absolute Gasteiger partial charge is 0.260 e. The summed E-state index contributed by atoms with van der Waals surface area (Å²) in [7, 11) is 0. The van der Waals surface area contributed by atoms with E-state index in [4.69, 9.17) is 9.47 Å². The van der Waals surface area contributed by atoms with E-state index < -0.39 is 0 Å². The minimum atomic E-state index is 0.114. The number of benzene rings is 3. The van der Waals surface area contributed by atoms with Gasteiger partial charge in [-0.3, -0.25) is 4.98 Å². The Labute approximate surface area is 157 Å². The zero-order chi connectivity index (χ0) is 17.8. The Morgan fingerprint density at radius 2 is 1.22 bits per heavy atom. The molecule has 6 rings (SSSR count). The average Bonchev–Trinajstić information content (AvgIpc) is 2.74. The maximum atomic E-state index is 6.29. The number of hydrogen-bond acceptors (Lipinski definition) is 3. The Morgan fingerprint density at radius 3 is 1.81 bits per heavy atom. The first-order chi connectivity index (χ1) is 13.4. The van der Waals surface area contributed by atoms with Gasteiger partial charge in [0.15, 0.2) is 0 Å². The van der Waals surface area contributed by atoms with E-state index in [0.717, 1.165) is 39.7 Å². The van der Waals surface area contributed by atoms with Crippen LogP contribution in [-0.4, -0.2) is 11.7 Å². The van der Waals surface area contributed by atoms with Gasteiger partial charge in [0.1, 0.15) is 23.0 Å². The Hall–Kier alpha value is -3.53. The van der Waals surface area contributed by atoms with E-state index >= 15 is 0 Å². The number of aromatic nitrogens is 1. The molecule has 0 fully saturated rings. The highest BCUT2D eigenvalue weighted by Gasteiger charge is 2.40. The minimum Gasteiger partial charge on any atom is -0.458 e. The van der Waals surface area contributed by atoms with Crippen molar-refractivity contribution in [3.63, 3.8) is 0 Å². The number of rotatable bonds is 1. The molecule has 4 aromatic rings. The van der Waals surface area contributed by atoms with Gasteiger partial charge in [-0.1, -0.05) is 42.5 Å². The summed E-state index contributed by atoms with van der Waals surface area (Å²) in [5, 5.41) is 0. The summed E-state index contributed by atoms with van der Waals surface area (Å²) < 4.78 is 12.6. The largest absolute Gasteiger partial charge is 0.458 e.